The summed E-state index contributed by atoms with van der Waals surface area (Å²) in [5, 5.41) is 5.03. The van der Waals surface area contributed by atoms with Crippen LogP contribution in [-0.2, 0) is 21.3 Å². The van der Waals surface area contributed by atoms with Crippen LogP contribution in [-0.4, -0.2) is 34.7 Å². The molecule has 0 aliphatic heterocycles. The van der Waals surface area contributed by atoms with Crippen molar-refractivity contribution in [3.05, 3.63) is 16.3 Å². The van der Waals surface area contributed by atoms with Gasteiger partial charge in [0.2, 0.25) is 10.0 Å². The molecule has 0 unspecified atom stereocenters. The monoisotopic (exact) mass is 306 g/mol. The van der Waals surface area contributed by atoms with Crippen molar-refractivity contribution >= 4 is 21.4 Å². The van der Waals surface area contributed by atoms with Crippen LogP contribution in [0.2, 0.25) is 0 Å². The molecular formula is C12H22N2O3S2. The molecule has 1 aromatic heterocycles. The van der Waals surface area contributed by atoms with Crippen LogP contribution in [0.15, 0.2) is 16.3 Å². The summed E-state index contributed by atoms with van der Waals surface area (Å²) in [6, 6.07) is 1.65. The Balaban J connectivity index is 2.59. The van der Waals surface area contributed by atoms with Crippen LogP contribution in [0.5, 0.6) is 0 Å². The molecule has 0 aromatic carbocycles. The zero-order chi connectivity index (χ0) is 14.1. The lowest BCUT2D eigenvalue weighted by molar-refractivity contribution is 0.153. The Morgan fingerprint density at radius 3 is 2.79 bits per heavy atom. The minimum absolute atomic E-state index is 0.299. The van der Waals surface area contributed by atoms with E-state index in [-0.39, 0.29) is 0 Å². The van der Waals surface area contributed by atoms with Crippen molar-refractivity contribution in [2.75, 3.05) is 26.3 Å². The van der Waals surface area contributed by atoms with Gasteiger partial charge in [-0.15, -0.1) is 11.3 Å². The zero-order valence-corrected chi connectivity index (χ0v) is 13.1. The van der Waals surface area contributed by atoms with Gasteiger partial charge in [-0.25, -0.2) is 13.1 Å². The van der Waals surface area contributed by atoms with Crippen LogP contribution >= 0.6 is 11.3 Å². The molecule has 7 heteroatoms. The maximum atomic E-state index is 12.1. The van der Waals surface area contributed by atoms with Crippen molar-refractivity contribution < 1.29 is 13.2 Å². The summed E-state index contributed by atoms with van der Waals surface area (Å²) in [6.45, 7) is 6.71. The molecule has 0 aliphatic carbocycles. The zero-order valence-electron chi connectivity index (χ0n) is 11.4. The first-order chi connectivity index (χ1) is 9.11. The predicted molar refractivity (Wildman–Crippen MR) is 78.0 cm³/mol. The third kappa shape index (κ3) is 5.58. The van der Waals surface area contributed by atoms with Gasteiger partial charge in [0, 0.05) is 24.6 Å². The van der Waals surface area contributed by atoms with E-state index in [0.29, 0.717) is 31.2 Å². The molecular weight excluding hydrogens is 284 g/mol. The molecule has 0 atom stereocenters. The molecule has 1 aromatic rings. The number of hydrogen-bond donors (Lipinski definition) is 2. The third-order valence-electron chi connectivity index (χ3n) is 2.45. The van der Waals surface area contributed by atoms with Crippen molar-refractivity contribution in [1.29, 1.82) is 0 Å². The van der Waals surface area contributed by atoms with Gasteiger partial charge in [0.25, 0.3) is 0 Å². The highest BCUT2D eigenvalue weighted by Crippen LogP contribution is 2.21. The lowest BCUT2D eigenvalue weighted by Crippen LogP contribution is -2.28. The fraction of sp³-hybridized carbons (Fsp3) is 0.667. The Hall–Kier alpha value is -0.470. The molecule has 110 valence electrons. The van der Waals surface area contributed by atoms with Gasteiger partial charge in [-0.05, 0) is 31.3 Å². The maximum absolute atomic E-state index is 12.1. The average Bonchev–Trinajstić information content (AvgIpc) is 2.84. The van der Waals surface area contributed by atoms with Crippen LogP contribution in [0.1, 0.15) is 25.1 Å². The van der Waals surface area contributed by atoms with E-state index < -0.39 is 10.0 Å². The summed E-state index contributed by atoms with van der Waals surface area (Å²) >= 11 is 1.46. The molecule has 0 saturated carbocycles. The van der Waals surface area contributed by atoms with Crippen LogP contribution in [0.25, 0.3) is 0 Å². The second-order valence-corrected chi connectivity index (χ2v) is 6.72. The van der Waals surface area contributed by atoms with E-state index in [0.717, 1.165) is 17.8 Å². The number of hydrogen-bond acceptors (Lipinski definition) is 5. The van der Waals surface area contributed by atoms with E-state index in [1.54, 1.807) is 11.4 Å². The molecule has 1 rings (SSSR count). The smallest absolute Gasteiger partial charge is 0.241 e. The molecule has 0 spiro atoms. The number of rotatable bonds is 10. The van der Waals surface area contributed by atoms with Gasteiger partial charge in [0.1, 0.15) is 0 Å². The Morgan fingerprint density at radius 1 is 1.32 bits per heavy atom. The third-order valence-corrected chi connectivity index (χ3v) is 5.04. The lowest BCUT2D eigenvalue weighted by atomic mass is 10.4. The quantitative estimate of drug-likeness (QED) is 0.644. The van der Waals surface area contributed by atoms with Crippen molar-refractivity contribution in [1.82, 2.24) is 10.0 Å². The summed E-state index contributed by atoms with van der Waals surface area (Å²) in [7, 11) is -3.42. The van der Waals surface area contributed by atoms with E-state index in [1.165, 1.54) is 11.3 Å². The van der Waals surface area contributed by atoms with Gasteiger partial charge in [-0.2, -0.15) is 0 Å². The van der Waals surface area contributed by atoms with Crippen molar-refractivity contribution in [3.8, 4) is 0 Å². The summed E-state index contributed by atoms with van der Waals surface area (Å²) in [6.07, 6.45) is 1.03. The lowest BCUT2D eigenvalue weighted by Gasteiger charge is -2.08. The van der Waals surface area contributed by atoms with Crippen LogP contribution in [0, 0.1) is 0 Å². The highest BCUT2D eigenvalue weighted by Gasteiger charge is 2.18. The highest BCUT2D eigenvalue weighted by atomic mass is 32.2. The normalized spacial score (nSPS) is 11.9. The number of thiophene rings is 1. The summed E-state index contributed by atoms with van der Waals surface area (Å²) in [4.78, 5) is 1.22. The minimum Gasteiger partial charge on any atom is -0.380 e. The van der Waals surface area contributed by atoms with Gasteiger partial charge in [-0.3, -0.25) is 0 Å². The summed E-state index contributed by atoms with van der Waals surface area (Å²) in [5.74, 6) is 0. The Labute approximate surface area is 119 Å². The van der Waals surface area contributed by atoms with Gasteiger partial charge in [0.05, 0.1) is 11.5 Å². The standard InChI is InChI=1S/C12H22N2O3S2/c1-3-6-13-10-11-12(5-9-18-11)19(15,16)14-7-8-17-4-2/h5,9,13-14H,3-4,6-8,10H2,1-2H3. The molecule has 1 heterocycles. The Bertz CT molecular complexity index is 457. The van der Waals surface area contributed by atoms with E-state index in [2.05, 4.69) is 17.0 Å². The molecule has 0 bridgehead atoms. The average molecular weight is 306 g/mol. The second-order valence-electron chi connectivity index (χ2n) is 3.98. The molecule has 0 saturated heterocycles. The van der Waals surface area contributed by atoms with Crippen molar-refractivity contribution in [2.45, 2.75) is 31.7 Å². The molecule has 0 fully saturated rings. The summed E-state index contributed by atoms with van der Waals surface area (Å²) < 4.78 is 31.9. The molecule has 0 amide bonds. The predicted octanol–water partition coefficient (Wildman–Crippen LogP) is 1.56. The largest absolute Gasteiger partial charge is 0.380 e. The molecule has 2 N–H and O–H groups in total. The topological polar surface area (TPSA) is 67.4 Å². The first-order valence-corrected chi connectivity index (χ1v) is 8.82. The van der Waals surface area contributed by atoms with Crippen LogP contribution in [0.3, 0.4) is 0 Å². The summed E-state index contributed by atoms with van der Waals surface area (Å²) in [5.41, 5.74) is 0. The number of nitrogens with one attached hydrogen (secondary N) is 2. The molecule has 19 heavy (non-hydrogen) atoms. The van der Waals surface area contributed by atoms with Crippen molar-refractivity contribution in [2.24, 2.45) is 0 Å². The fourth-order valence-corrected chi connectivity index (χ4v) is 3.97. The van der Waals surface area contributed by atoms with Gasteiger partial charge >= 0.3 is 0 Å². The van der Waals surface area contributed by atoms with Gasteiger partial charge < -0.3 is 10.1 Å². The minimum atomic E-state index is -3.42. The van der Waals surface area contributed by atoms with E-state index in [9.17, 15) is 8.42 Å². The second kappa shape index (κ2) is 8.65. The van der Waals surface area contributed by atoms with E-state index in [4.69, 9.17) is 4.74 Å². The maximum Gasteiger partial charge on any atom is 0.241 e. The SMILES string of the molecule is CCCNCc1sccc1S(=O)(=O)NCCOCC. The molecule has 0 aliphatic rings. The van der Waals surface area contributed by atoms with E-state index in [1.807, 2.05) is 6.92 Å². The van der Waals surface area contributed by atoms with Gasteiger partial charge in [0.15, 0.2) is 0 Å². The Kier molecular flexibility index (Phi) is 7.55. The first kappa shape index (κ1) is 16.6. The van der Waals surface area contributed by atoms with E-state index >= 15 is 0 Å². The number of sulfonamides is 1. The van der Waals surface area contributed by atoms with Crippen LogP contribution in [0.4, 0.5) is 0 Å². The fourth-order valence-electron chi connectivity index (χ4n) is 1.55. The first-order valence-electron chi connectivity index (χ1n) is 6.46. The van der Waals surface area contributed by atoms with Crippen LogP contribution < -0.4 is 10.0 Å². The Morgan fingerprint density at radius 2 is 2.11 bits per heavy atom. The molecule has 0 radical (unpaired) electrons. The number of ether oxygens (including phenoxy) is 1. The van der Waals surface area contributed by atoms with Gasteiger partial charge in [-0.1, -0.05) is 6.92 Å². The highest BCUT2D eigenvalue weighted by molar-refractivity contribution is 7.89. The molecule has 5 nitrogen and oxygen atoms in total. The van der Waals surface area contributed by atoms with Crippen molar-refractivity contribution in [3.63, 3.8) is 0 Å².